The number of cyclic esters (lactones) is 1. The number of ether oxygens (including phenoxy) is 1. The number of nitrogens with one attached hydrogen (secondary N) is 1. The first kappa shape index (κ1) is 20.2. The molecule has 154 valence electrons. The van der Waals surface area contributed by atoms with Gasteiger partial charge in [0.15, 0.2) is 0 Å². The zero-order valence-corrected chi connectivity index (χ0v) is 18.1. The van der Waals surface area contributed by atoms with Crippen LogP contribution in [-0.4, -0.2) is 56.7 Å². The molecule has 2 heterocycles. The van der Waals surface area contributed by atoms with Gasteiger partial charge in [-0.25, -0.2) is 4.79 Å². The van der Waals surface area contributed by atoms with E-state index in [2.05, 4.69) is 36.4 Å². The fraction of sp³-hybridized carbons (Fsp3) is 0.429. The second-order valence-corrected chi connectivity index (χ2v) is 9.71. The quantitative estimate of drug-likeness (QED) is 0.722. The Kier molecular flexibility index (Phi) is 5.55. The lowest BCUT2D eigenvalue weighted by molar-refractivity contribution is 0.0920. The van der Waals surface area contributed by atoms with E-state index in [4.69, 9.17) is 16.3 Å². The van der Waals surface area contributed by atoms with Crippen LogP contribution < -0.4 is 10.2 Å². The Morgan fingerprint density at radius 3 is 2.59 bits per heavy atom. The third-order valence-corrected chi connectivity index (χ3v) is 6.66. The van der Waals surface area contributed by atoms with E-state index in [0.717, 1.165) is 12.2 Å². The SMILES string of the molecule is CN(C)CC1(c2ccc(N3C[C@H](CNC(=O)c4ccc(Cl)s4)OC3=O)cc2)CC1. The minimum Gasteiger partial charge on any atom is -0.442 e. The normalized spacial score (nSPS) is 20.1. The molecule has 2 aliphatic rings. The van der Waals surface area contributed by atoms with Gasteiger partial charge < -0.3 is 15.0 Å². The van der Waals surface area contributed by atoms with Gasteiger partial charge in [-0.1, -0.05) is 23.7 Å². The second kappa shape index (κ2) is 7.97. The summed E-state index contributed by atoms with van der Waals surface area (Å²) in [5, 5.41) is 2.81. The predicted molar refractivity (Wildman–Crippen MR) is 115 cm³/mol. The van der Waals surface area contributed by atoms with Crippen molar-refractivity contribution in [3.8, 4) is 0 Å². The average molecular weight is 434 g/mol. The van der Waals surface area contributed by atoms with Crippen molar-refractivity contribution in [1.29, 1.82) is 0 Å². The van der Waals surface area contributed by atoms with Gasteiger partial charge in [-0.05, 0) is 56.8 Å². The van der Waals surface area contributed by atoms with E-state index in [1.807, 2.05) is 12.1 Å². The number of thiophene rings is 1. The molecule has 8 heteroatoms. The van der Waals surface area contributed by atoms with E-state index in [9.17, 15) is 9.59 Å². The zero-order chi connectivity index (χ0) is 20.6. The van der Waals surface area contributed by atoms with Gasteiger partial charge in [0.05, 0.1) is 22.3 Å². The van der Waals surface area contributed by atoms with Crippen LogP contribution in [0.1, 0.15) is 28.1 Å². The minimum absolute atomic E-state index is 0.212. The van der Waals surface area contributed by atoms with Gasteiger partial charge >= 0.3 is 6.09 Å². The van der Waals surface area contributed by atoms with E-state index in [1.54, 1.807) is 17.0 Å². The molecule has 0 radical (unpaired) electrons. The van der Waals surface area contributed by atoms with Gasteiger partial charge in [0.25, 0.3) is 5.91 Å². The molecular weight excluding hydrogens is 410 g/mol. The van der Waals surface area contributed by atoms with Gasteiger partial charge in [-0.2, -0.15) is 0 Å². The summed E-state index contributed by atoms with van der Waals surface area (Å²) in [6.45, 7) is 1.71. The van der Waals surface area contributed by atoms with Crippen LogP contribution in [0.4, 0.5) is 10.5 Å². The number of nitrogens with zero attached hydrogens (tertiary/aromatic N) is 2. The molecule has 1 aliphatic heterocycles. The van der Waals surface area contributed by atoms with Crippen LogP contribution in [0.2, 0.25) is 4.34 Å². The summed E-state index contributed by atoms with van der Waals surface area (Å²) in [6.07, 6.45) is 1.64. The van der Waals surface area contributed by atoms with Crippen LogP contribution >= 0.6 is 22.9 Å². The Morgan fingerprint density at radius 2 is 2.00 bits per heavy atom. The number of halogens is 1. The number of anilines is 1. The maximum absolute atomic E-state index is 12.3. The molecule has 0 bridgehead atoms. The van der Waals surface area contributed by atoms with Crippen LogP contribution in [0.25, 0.3) is 0 Å². The Morgan fingerprint density at radius 1 is 1.28 bits per heavy atom. The molecule has 1 atom stereocenters. The van der Waals surface area contributed by atoms with Gasteiger partial charge in [-0.15, -0.1) is 11.3 Å². The fourth-order valence-electron chi connectivity index (χ4n) is 3.86. The molecule has 2 amide bonds. The first-order chi connectivity index (χ1) is 13.9. The molecule has 1 aromatic heterocycles. The maximum Gasteiger partial charge on any atom is 0.414 e. The van der Waals surface area contributed by atoms with Gasteiger partial charge in [0.2, 0.25) is 0 Å². The molecule has 1 saturated heterocycles. The number of hydrogen-bond acceptors (Lipinski definition) is 5. The molecule has 2 fully saturated rings. The summed E-state index contributed by atoms with van der Waals surface area (Å²) >= 11 is 7.09. The van der Waals surface area contributed by atoms with Crippen LogP contribution in [0.5, 0.6) is 0 Å². The van der Waals surface area contributed by atoms with Crippen molar-refractivity contribution in [2.45, 2.75) is 24.4 Å². The van der Waals surface area contributed by atoms with Gasteiger partial charge in [-0.3, -0.25) is 9.69 Å². The summed E-state index contributed by atoms with van der Waals surface area (Å²) in [5.74, 6) is -0.212. The van der Waals surface area contributed by atoms with Crippen molar-refractivity contribution in [2.24, 2.45) is 0 Å². The van der Waals surface area contributed by atoms with Crippen LogP contribution in [0.3, 0.4) is 0 Å². The highest BCUT2D eigenvalue weighted by atomic mass is 35.5. The molecule has 1 N–H and O–H groups in total. The van der Waals surface area contributed by atoms with Crippen LogP contribution in [0, 0.1) is 0 Å². The highest BCUT2D eigenvalue weighted by Crippen LogP contribution is 2.48. The van der Waals surface area contributed by atoms with E-state index < -0.39 is 0 Å². The first-order valence-electron chi connectivity index (χ1n) is 9.63. The summed E-state index contributed by atoms with van der Waals surface area (Å²) in [6, 6.07) is 11.6. The zero-order valence-electron chi connectivity index (χ0n) is 16.5. The molecule has 1 aromatic carbocycles. The average Bonchev–Trinajstić information content (AvgIpc) is 3.15. The predicted octanol–water partition coefficient (Wildman–Crippen LogP) is 3.75. The summed E-state index contributed by atoms with van der Waals surface area (Å²) in [7, 11) is 4.20. The van der Waals surface area contributed by atoms with E-state index >= 15 is 0 Å². The number of hydrogen-bond donors (Lipinski definition) is 1. The maximum atomic E-state index is 12.3. The Hall–Kier alpha value is -2.09. The Labute approximate surface area is 179 Å². The lowest BCUT2D eigenvalue weighted by Gasteiger charge is -2.21. The largest absolute Gasteiger partial charge is 0.442 e. The molecular formula is C21H24ClN3O3S. The molecule has 2 aromatic rings. The molecule has 29 heavy (non-hydrogen) atoms. The summed E-state index contributed by atoms with van der Waals surface area (Å²) in [5.41, 5.74) is 2.39. The van der Waals surface area contributed by atoms with Crippen molar-refractivity contribution in [3.63, 3.8) is 0 Å². The second-order valence-electron chi connectivity index (χ2n) is 8.00. The van der Waals surface area contributed by atoms with Crippen molar-refractivity contribution in [3.05, 3.63) is 51.2 Å². The van der Waals surface area contributed by atoms with Gasteiger partial charge in [0.1, 0.15) is 6.10 Å². The number of rotatable bonds is 7. The summed E-state index contributed by atoms with van der Waals surface area (Å²) < 4.78 is 5.99. The van der Waals surface area contributed by atoms with E-state index in [1.165, 1.54) is 29.7 Å². The molecule has 6 nitrogen and oxygen atoms in total. The summed E-state index contributed by atoms with van der Waals surface area (Å²) in [4.78, 5) is 28.8. The van der Waals surface area contributed by atoms with Crippen LogP contribution in [0.15, 0.2) is 36.4 Å². The Bertz CT molecular complexity index is 908. The van der Waals surface area contributed by atoms with E-state index in [0.29, 0.717) is 15.8 Å². The number of benzene rings is 1. The molecule has 1 saturated carbocycles. The molecule has 0 unspecified atom stereocenters. The smallest absolute Gasteiger partial charge is 0.414 e. The van der Waals surface area contributed by atoms with E-state index in [-0.39, 0.29) is 30.1 Å². The molecule has 1 aliphatic carbocycles. The first-order valence-corrected chi connectivity index (χ1v) is 10.8. The van der Waals surface area contributed by atoms with Crippen LogP contribution in [-0.2, 0) is 10.2 Å². The third-order valence-electron chi connectivity index (χ3n) is 5.43. The van der Waals surface area contributed by atoms with Crippen molar-refractivity contribution < 1.29 is 14.3 Å². The van der Waals surface area contributed by atoms with Crippen molar-refractivity contribution in [1.82, 2.24) is 10.2 Å². The Balaban J connectivity index is 1.35. The monoisotopic (exact) mass is 433 g/mol. The number of likely N-dealkylation sites (N-methyl/N-ethyl adjacent to an activating group) is 1. The number of carbonyl (C=O) groups excluding carboxylic acids is 2. The lowest BCUT2D eigenvalue weighted by atomic mass is 9.95. The lowest BCUT2D eigenvalue weighted by Crippen LogP contribution is -2.34. The highest BCUT2D eigenvalue weighted by molar-refractivity contribution is 7.17. The third kappa shape index (κ3) is 4.42. The van der Waals surface area contributed by atoms with Crippen molar-refractivity contribution >= 4 is 40.6 Å². The minimum atomic E-state index is -0.384. The van der Waals surface area contributed by atoms with Crippen molar-refractivity contribution in [2.75, 3.05) is 38.6 Å². The topological polar surface area (TPSA) is 61.9 Å². The number of amides is 2. The number of carbonyl (C=O) groups is 2. The van der Waals surface area contributed by atoms with Gasteiger partial charge in [0, 0.05) is 17.6 Å². The molecule has 4 rings (SSSR count). The fourth-order valence-corrected chi connectivity index (χ4v) is 4.82. The highest BCUT2D eigenvalue weighted by Gasteiger charge is 2.44. The standard InChI is InChI=1S/C21H24ClN3O3S/c1-24(2)13-21(9-10-21)14-3-5-15(6-4-14)25-12-16(28-20(25)27)11-23-19(26)17-7-8-18(22)29-17/h3-8,16H,9-13H2,1-2H3,(H,23,26)/t16-/m0/s1. The molecule has 0 spiro atoms.